The van der Waals surface area contributed by atoms with E-state index in [4.69, 9.17) is 11.6 Å². The van der Waals surface area contributed by atoms with Gasteiger partial charge in [-0.15, -0.1) is 11.8 Å². The second-order valence-corrected chi connectivity index (χ2v) is 7.80. The van der Waals surface area contributed by atoms with Gasteiger partial charge in [-0.2, -0.15) is 0 Å². The first-order valence-corrected chi connectivity index (χ1v) is 8.53. The van der Waals surface area contributed by atoms with Gasteiger partial charge in [0.25, 0.3) is 0 Å². The van der Waals surface area contributed by atoms with E-state index >= 15 is 0 Å². The molecule has 2 heteroatoms. The number of halogens is 1. The molecule has 0 aliphatic heterocycles. The zero-order chi connectivity index (χ0) is 13.3. The smallest absolute Gasteiger partial charge is 0.0416 e. The average molecular weight is 293 g/mol. The van der Waals surface area contributed by atoms with E-state index < -0.39 is 0 Å². The fraction of sp³-hybridized carbons (Fsp3) is 0.529. The molecule has 2 aliphatic rings. The predicted molar refractivity (Wildman–Crippen MR) is 85.0 cm³/mol. The summed E-state index contributed by atoms with van der Waals surface area (Å²) in [5.74, 6) is 0.774. The van der Waals surface area contributed by atoms with Crippen LogP contribution in [0.1, 0.15) is 44.9 Å². The molecule has 2 aliphatic carbocycles. The number of benzene rings is 1. The lowest BCUT2D eigenvalue weighted by atomic mass is 9.82. The topological polar surface area (TPSA) is 0 Å². The molecular weight excluding hydrogens is 272 g/mol. The van der Waals surface area contributed by atoms with Crippen molar-refractivity contribution in [1.29, 1.82) is 0 Å². The van der Waals surface area contributed by atoms with Gasteiger partial charge < -0.3 is 0 Å². The van der Waals surface area contributed by atoms with Gasteiger partial charge in [0.1, 0.15) is 0 Å². The molecule has 2 saturated carbocycles. The summed E-state index contributed by atoms with van der Waals surface area (Å²) in [7, 11) is 0. The van der Waals surface area contributed by atoms with E-state index in [2.05, 4.69) is 18.7 Å². The van der Waals surface area contributed by atoms with Crippen LogP contribution in [0, 0.1) is 5.92 Å². The van der Waals surface area contributed by atoms with E-state index in [1.807, 2.05) is 23.9 Å². The SMILES string of the molecule is C=C(C1CCCCC1)C1(Sc2ccc(Cl)cc2)CC1. The Kier molecular flexibility index (Phi) is 3.96. The minimum absolute atomic E-state index is 0.343. The molecule has 102 valence electrons. The van der Waals surface area contributed by atoms with E-state index in [9.17, 15) is 0 Å². The molecule has 1 aromatic rings. The monoisotopic (exact) mass is 292 g/mol. The third kappa shape index (κ3) is 3.03. The Balaban J connectivity index is 1.68. The summed E-state index contributed by atoms with van der Waals surface area (Å²) in [5.41, 5.74) is 1.52. The Morgan fingerprint density at radius 3 is 2.32 bits per heavy atom. The Labute approximate surface area is 125 Å². The molecule has 3 rings (SSSR count). The first-order valence-electron chi connectivity index (χ1n) is 7.33. The van der Waals surface area contributed by atoms with Crippen LogP contribution in [-0.2, 0) is 0 Å². The maximum Gasteiger partial charge on any atom is 0.0416 e. The molecule has 2 fully saturated rings. The molecule has 0 radical (unpaired) electrons. The minimum Gasteiger partial charge on any atom is -0.115 e. The summed E-state index contributed by atoms with van der Waals surface area (Å²) in [6.07, 6.45) is 9.53. The maximum absolute atomic E-state index is 5.96. The van der Waals surface area contributed by atoms with Crippen molar-refractivity contribution in [3.05, 3.63) is 41.4 Å². The van der Waals surface area contributed by atoms with Crippen LogP contribution in [0.15, 0.2) is 41.3 Å². The van der Waals surface area contributed by atoms with Crippen molar-refractivity contribution in [1.82, 2.24) is 0 Å². The van der Waals surface area contributed by atoms with Crippen molar-refractivity contribution in [2.24, 2.45) is 5.92 Å². The fourth-order valence-electron chi connectivity index (χ4n) is 3.15. The first-order chi connectivity index (χ1) is 9.20. The lowest BCUT2D eigenvalue weighted by Crippen LogP contribution is -2.18. The molecule has 0 atom stereocenters. The summed E-state index contributed by atoms with van der Waals surface area (Å²) in [6.45, 7) is 4.48. The largest absolute Gasteiger partial charge is 0.115 e. The highest BCUT2D eigenvalue weighted by Gasteiger charge is 2.48. The van der Waals surface area contributed by atoms with E-state index in [0.717, 1.165) is 10.9 Å². The summed E-state index contributed by atoms with van der Waals surface area (Å²) < 4.78 is 0.343. The van der Waals surface area contributed by atoms with Crippen LogP contribution in [0.5, 0.6) is 0 Å². The van der Waals surface area contributed by atoms with E-state index in [1.165, 1.54) is 55.4 Å². The predicted octanol–water partition coefficient (Wildman–Crippen LogP) is 6.10. The molecule has 0 heterocycles. The molecule has 0 unspecified atom stereocenters. The Morgan fingerprint density at radius 1 is 1.11 bits per heavy atom. The lowest BCUT2D eigenvalue weighted by molar-refractivity contribution is 0.396. The van der Waals surface area contributed by atoms with Crippen LogP contribution in [0.3, 0.4) is 0 Å². The summed E-state index contributed by atoms with van der Waals surface area (Å²) in [6, 6.07) is 8.26. The normalized spacial score (nSPS) is 22.2. The highest BCUT2D eigenvalue weighted by Crippen LogP contribution is 2.59. The molecule has 0 bridgehead atoms. The molecule has 0 aromatic heterocycles. The Hall–Kier alpha value is -0.400. The van der Waals surface area contributed by atoms with Crippen molar-refractivity contribution in [2.75, 3.05) is 0 Å². The van der Waals surface area contributed by atoms with Crippen LogP contribution in [0.2, 0.25) is 5.02 Å². The van der Waals surface area contributed by atoms with Crippen molar-refractivity contribution >= 4 is 23.4 Å². The van der Waals surface area contributed by atoms with Gasteiger partial charge in [-0.3, -0.25) is 0 Å². The van der Waals surface area contributed by atoms with Gasteiger partial charge in [0.15, 0.2) is 0 Å². The van der Waals surface area contributed by atoms with Gasteiger partial charge in [-0.05, 0) is 55.9 Å². The average Bonchev–Trinajstić information content (AvgIpc) is 3.22. The van der Waals surface area contributed by atoms with E-state index in [-0.39, 0.29) is 0 Å². The molecular formula is C17H21ClS. The maximum atomic E-state index is 5.96. The minimum atomic E-state index is 0.343. The van der Waals surface area contributed by atoms with Gasteiger partial charge in [-0.25, -0.2) is 0 Å². The summed E-state index contributed by atoms with van der Waals surface area (Å²) in [4.78, 5) is 1.33. The highest BCUT2D eigenvalue weighted by molar-refractivity contribution is 8.01. The quantitative estimate of drug-likeness (QED) is 0.604. The van der Waals surface area contributed by atoms with E-state index in [1.54, 1.807) is 0 Å². The Bertz CT molecular complexity index is 453. The number of hydrogen-bond donors (Lipinski definition) is 0. The number of rotatable bonds is 4. The van der Waals surface area contributed by atoms with Gasteiger partial charge in [0.2, 0.25) is 0 Å². The second-order valence-electron chi connectivity index (χ2n) is 5.91. The van der Waals surface area contributed by atoms with Crippen molar-refractivity contribution in [3.63, 3.8) is 0 Å². The van der Waals surface area contributed by atoms with E-state index in [0.29, 0.717) is 4.75 Å². The summed E-state index contributed by atoms with van der Waals surface area (Å²) >= 11 is 7.97. The van der Waals surface area contributed by atoms with Gasteiger partial charge in [-0.1, -0.05) is 43.0 Å². The number of thioether (sulfide) groups is 1. The molecule has 19 heavy (non-hydrogen) atoms. The number of hydrogen-bond acceptors (Lipinski definition) is 1. The van der Waals surface area contributed by atoms with Crippen LogP contribution in [0.4, 0.5) is 0 Å². The lowest BCUT2D eigenvalue weighted by Gasteiger charge is -2.29. The third-order valence-corrected chi connectivity index (χ3v) is 6.34. The molecule has 0 spiro atoms. The van der Waals surface area contributed by atoms with Crippen molar-refractivity contribution in [2.45, 2.75) is 54.6 Å². The van der Waals surface area contributed by atoms with Crippen molar-refractivity contribution in [3.8, 4) is 0 Å². The summed E-state index contributed by atoms with van der Waals surface area (Å²) in [5, 5.41) is 0.820. The van der Waals surface area contributed by atoms with Crippen molar-refractivity contribution < 1.29 is 0 Å². The fourth-order valence-corrected chi connectivity index (χ4v) is 4.61. The first kappa shape index (κ1) is 13.6. The van der Waals surface area contributed by atoms with Crippen LogP contribution < -0.4 is 0 Å². The zero-order valence-corrected chi connectivity index (χ0v) is 12.9. The van der Waals surface area contributed by atoms with Gasteiger partial charge in [0.05, 0.1) is 0 Å². The molecule has 0 amide bonds. The van der Waals surface area contributed by atoms with Crippen LogP contribution in [0.25, 0.3) is 0 Å². The van der Waals surface area contributed by atoms with Crippen LogP contribution >= 0.6 is 23.4 Å². The highest BCUT2D eigenvalue weighted by atomic mass is 35.5. The molecule has 1 aromatic carbocycles. The molecule has 0 N–H and O–H groups in total. The van der Waals surface area contributed by atoms with Gasteiger partial charge >= 0.3 is 0 Å². The van der Waals surface area contributed by atoms with Gasteiger partial charge in [0, 0.05) is 14.7 Å². The molecule has 0 saturated heterocycles. The van der Waals surface area contributed by atoms with Crippen LogP contribution in [-0.4, -0.2) is 4.75 Å². The third-order valence-electron chi connectivity index (χ3n) is 4.51. The Morgan fingerprint density at radius 2 is 1.74 bits per heavy atom. The standard InChI is InChI=1S/C17H21ClS/c1-13(14-5-3-2-4-6-14)17(11-12-17)19-16-9-7-15(18)8-10-16/h7-10,14H,1-6,11-12H2. The second kappa shape index (κ2) is 5.54. The zero-order valence-electron chi connectivity index (χ0n) is 11.3. The molecule has 0 nitrogen and oxygen atoms in total.